The van der Waals surface area contributed by atoms with Crippen LogP contribution >= 0.6 is 0 Å². The van der Waals surface area contributed by atoms with E-state index in [1.54, 1.807) is 12.1 Å². The maximum atomic E-state index is 10.8. The number of rotatable bonds is 3. The van der Waals surface area contributed by atoms with Crippen molar-refractivity contribution in [3.05, 3.63) is 41.0 Å². The molecule has 0 saturated carbocycles. The van der Waals surface area contributed by atoms with Gasteiger partial charge in [0.15, 0.2) is 0 Å². The third-order valence-electron chi connectivity index (χ3n) is 2.15. The van der Waals surface area contributed by atoms with Crippen molar-refractivity contribution in [3.8, 4) is 6.07 Å². The Morgan fingerprint density at radius 2 is 2.20 bits per heavy atom. The van der Waals surface area contributed by atoms with Gasteiger partial charge in [-0.3, -0.25) is 4.79 Å². The normalized spacial score (nSPS) is 11.2. The predicted molar refractivity (Wildman–Crippen MR) is 60.0 cm³/mol. The van der Waals surface area contributed by atoms with Crippen molar-refractivity contribution in [3.63, 3.8) is 0 Å². The molecule has 0 spiro atoms. The second-order valence-corrected chi connectivity index (χ2v) is 3.65. The SMILES string of the molecule is CC(C)C(C=O)=Cc1cccc(C#N)c1. The lowest BCUT2D eigenvalue weighted by Crippen LogP contribution is -1.94. The number of aldehydes is 1. The Morgan fingerprint density at radius 3 is 2.73 bits per heavy atom. The molecule has 0 aliphatic rings. The summed E-state index contributed by atoms with van der Waals surface area (Å²) in [5.74, 6) is 0.202. The monoisotopic (exact) mass is 199 g/mol. The minimum atomic E-state index is 0.202. The summed E-state index contributed by atoms with van der Waals surface area (Å²) in [6, 6.07) is 9.28. The summed E-state index contributed by atoms with van der Waals surface area (Å²) in [4.78, 5) is 10.8. The molecule has 0 aromatic heterocycles. The minimum absolute atomic E-state index is 0.202. The molecule has 1 rings (SSSR count). The molecule has 0 aliphatic carbocycles. The van der Waals surface area contributed by atoms with Crippen molar-refractivity contribution in [1.82, 2.24) is 0 Å². The largest absolute Gasteiger partial charge is 0.298 e. The molecular formula is C13H13NO. The number of hydrogen-bond acceptors (Lipinski definition) is 2. The molecule has 0 aliphatic heterocycles. The Bertz CT molecular complexity index is 424. The average Bonchev–Trinajstić information content (AvgIpc) is 2.25. The van der Waals surface area contributed by atoms with E-state index in [1.165, 1.54) is 0 Å². The molecule has 2 heteroatoms. The minimum Gasteiger partial charge on any atom is -0.298 e. The van der Waals surface area contributed by atoms with Crippen LogP contribution in [-0.2, 0) is 4.79 Å². The first-order valence-electron chi connectivity index (χ1n) is 4.84. The molecule has 15 heavy (non-hydrogen) atoms. The predicted octanol–water partition coefficient (Wildman–Crippen LogP) is 2.80. The summed E-state index contributed by atoms with van der Waals surface area (Å²) in [5, 5.41) is 8.72. The summed E-state index contributed by atoms with van der Waals surface area (Å²) in [6.07, 6.45) is 2.68. The zero-order chi connectivity index (χ0) is 11.3. The zero-order valence-corrected chi connectivity index (χ0v) is 8.90. The summed E-state index contributed by atoms with van der Waals surface area (Å²) in [5.41, 5.74) is 2.24. The van der Waals surface area contributed by atoms with Gasteiger partial charge in [0.05, 0.1) is 11.6 Å². The topological polar surface area (TPSA) is 40.9 Å². The molecule has 0 radical (unpaired) electrons. The third-order valence-corrected chi connectivity index (χ3v) is 2.15. The molecule has 76 valence electrons. The van der Waals surface area contributed by atoms with Gasteiger partial charge in [0, 0.05) is 0 Å². The lowest BCUT2D eigenvalue weighted by Gasteiger charge is -2.03. The molecule has 2 nitrogen and oxygen atoms in total. The Kier molecular flexibility index (Phi) is 3.82. The molecule has 0 fully saturated rings. The number of nitrogens with zero attached hydrogens (tertiary/aromatic N) is 1. The summed E-state index contributed by atoms with van der Waals surface area (Å²) >= 11 is 0. The standard InChI is InChI=1S/C13H13NO/c1-10(2)13(9-15)7-11-4-3-5-12(6-11)8-14/h3-7,9-10H,1-2H3. The van der Waals surface area contributed by atoms with Gasteiger partial charge in [-0.2, -0.15) is 5.26 Å². The van der Waals surface area contributed by atoms with Crippen LogP contribution in [0, 0.1) is 17.2 Å². The van der Waals surface area contributed by atoms with Gasteiger partial charge in [-0.15, -0.1) is 0 Å². The van der Waals surface area contributed by atoms with Crippen LogP contribution in [0.4, 0.5) is 0 Å². The van der Waals surface area contributed by atoms with E-state index < -0.39 is 0 Å². The van der Waals surface area contributed by atoms with Gasteiger partial charge >= 0.3 is 0 Å². The molecule has 0 bridgehead atoms. The first kappa shape index (κ1) is 11.2. The fraction of sp³-hybridized carbons (Fsp3) is 0.231. The van der Waals surface area contributed by atoms with E-state index in [1.807, 2.05) is 32.1 Å². The van der Waals surface area contributed by atoms with E-state index in [4.69, 9.17) is 5.26 Å². The van der Waals surface area contributed by atoms with Crippen molar-refractivity contribution < 1.29 is 4.79 Å². The first-order chi connectivity index (χ1) is 7.17. The lowest BCUT2D eigenvalue weighted by atomic mass is 10.0. The summed E-state index contributed by atoms with van der Waals surface area (Å²) in [7, 11) is 0. The average molecular weight is 199 g/mol. The van der Waals surface area contributed by atoms with Crippen LogP contribution in [0.1, 0.15) is 25.0 Å². The molecule has 0 N–H and O–H groups in total. The number of nitriles is 1. The van der Waals surface area contributed by atoms with E-state index in [0.29, 0.717) is 5.56 Å². The molecule has 1 aromatic carbocycles. The molecule has 0 saturated heterocycles. The van der Waals surface area contributed by atoms with Crippen LogP contribution in [0.25, 0.3) is 6.08 Å². The highest BCUT2D eigenvalue weighted by molar-refractivity contribution is 5.82. The Morgan fingerprint density at radius 1 is 1.47 bits per heavy atom. The van der Waals surface area contributed by atoms with Crippen molar-refractivity contribution in [2.24, 2.45) is 5.92 Å². The number of carbonyl (C=O) groups is 1. The summed E-state index contributed by atoms with van der Waals surface area (Å²) < 4.78 is 0. The molecule has 0 atom stereocenters. The fourth-order valence-electron chi connectivity index (χ4n) is 1.23. The van der Waals surface area contributed by atoms with E-state index in [0.717, 1.165) is 17.4 Å². The molecule has 0 unspecified atom stereocenters. The number of hydrogen-bond donors (Lipinski definition) is 0. The third kappa shape index (κ3) is 3.07. The number of benzene rings is 1. The Hall–Kier alpha value is -1.88. The van der Waals surface area contributed by atoms with Gasteiger partial charge in [0.25, 0.3) is 0 Å². The van der Waals surface area contributed by atoms with Gasteiger partial charge in [-0.1, -0.05) is 26.0 Å². The van der Waals surface area contributed by atoms with Crippen LogP contribution in [0.3, 0.4) is 0 Å². The number of allylic oxidation sites excluding steroid dienone is 1. The smallest absolute Gasteiger partial charge is 0.146 e. The Labute approximate surface area is 89.9 Å². The van der Waals surface area contributed by atoms with Crippen LogP contribution in [0.5, 0.6) is 0 Å². The van der Waals surface area contributed by atoms with Gasteiger partial charge in [-0.25, -0.2) is 0 Å². The van der Waals surface area contributed by atoms with Gasteiger partial charge < -0.3 is 0 Å². The molecule has 0 amide bonds. The molecule has 1 aromatic rings. The van der Waals surface area contributed by atoms with Crippen molar-refractivity contribution in [1.29, 1.82) is 5.26 Å². The highest BCUT2D eigenvalue weighted by Gasteiger charge is 2.01. The quantitative estimate of drug-likeness (QED) is 0.554. The van der Waals surface area contributed by atoms with Crippen LogP contribution in [-0.4, -0.2) is 6.29 Å². The molecular weight excluding hydrogens is 186 g/mol. The highest BCUT2D eigenvalue weighted by Crippen LogP contribution is 2.13. The van der Waals surface area contributed by atoms with Gasteiger partial charge in [-0.05, 0) is 35.3 Å². The maximum Gasteiger partial charge on any atom is 0.146 e. The molecule has 0 heterocycles. The van der Waals surface area contributed by atoms with E-state index in [-0.39, 0.29) is 5.92 Å². The maximum absolute atomic E-state index is 10.8. The fourth-order valence-corrected chi connectivity index (χ4v) is 1.23. The van der Waals surface area contributed by atoms with Crippen LogP contribution in [0.2, 0.25) is 0 Å². The van der Waals surface area contributed by atoms with Crippen molar-refractivity contribution in [2.45, 2.75) is 13.8 Å². The van der Waals surface area contributed by atoms with Crippen molar-refractivity contribution >= 4 is 12.4 Å². The highest BCUT2D eigenvalue weighted by atomic mass is 16.1. The summed E-state index contributed by atoms with van der Waals surface area (Å²) in [6.45, 7) is 3.93. The van der Waals surface area contributed by atoms with E-state index in [2.05, 4.69) is 6.07 Å². The second kappa shape index (κ2) is 5.11. The first-order valence-corrected chi connectivity index (χ1v) is 4.84. The van der Waals surface area contributed by atoms with Gasteiger partial charge in [0.2, 0.25) is 0 Å². The zero-order valence-electron chi connectivity index (χ0n) is 8.90. The lowest BCUT2D eigenvalue weighted by molar-refractivity contribution is -0.105. The van der Waals surface area contributed by atoms with Gasteiger partial charge in [0.1, 0.15) is 6.29 Å². The van der Waals surface area contributed by atoms with Crippen LogP contribution < -0.4 is 0 Å². The van der Waals surface area contributed by atoms with Crippen molar-refractivity contribution in [2.75, 3.05) is 0 Å². The van der Waals surface area contributed by atoms with E-state index >= 15 is 0 Å². The van der Waals surface area contributed by atoms with Crippen LogP contribution in [0.15, 0.2) is 29.8 Å². The number of carbonyl (C=O) groups excluding carboxylic acids is 1. The van der Waals surface area contributed by atoms with E-state index in [9.17, 15) is 4.79 Å². The Balaban J connectivity index is 3.07. The second-order valence-electron chi connectivity index (χ2n) is 3.65.